The van der Waals surface area contributed by atoms with Crippen molar-refractivity contribution in [3.8, 4) is 12.3 Å². The molecule has 0 N–H and O–H groups in total. The van der Waals surface area contributed by atoms with Crippen molar-refractivity contribution in [3.63, 3.8) is 0 Å². The third-order valence-electron chi connectivity index (χ3n) is 3.32. The smallest absolute Gasteiger partial charge is 0.159 e. The number of carbonyl (C=O) groups excluding carboxylic acids is 1. The lowest BCUT2D eigenvalue weighted by atomic mass is 9.62. The molecule has 0 fully saturated rings. The van der Waals surface area contributed by atoms with Crippen LogP contribution in [0.5, 0.6) is 0 Å². The minimum Gasteiger partial charge on any atom is -0.295 e. The van der Waals surface area contributed by atoms with Crippen LogP contribution >= 0.6 is 0 Å². The van der Waals surface area contributed by atoms with E-state index in [4.69, 9.17) is 6.42 Å². The summed E-state index contributed by atoms with van der Waals surface area (Å²) < 4.78 is 0. The molecule has 0 aliphatic heterocycles. The van der Waals surface area contributed by atoms with Gasteiger partial charge in [0.05, 0.1) is 0 Å². The molecular weight excluding hydrogens is 172 g/mol. The van der Waals surface area contributed by atoms with Crippen molar-refractivity contribution < 1.29 is 4.79 Å². The van der Waals surface area contributed by atoms with Crippen LogP contribution in [0.2, 0.25) is 0 Å². The molecule has 2 aliphatic carbocycles. The van der Waals surface area contributed by atoms with Gasteiger partial charge >= 0.3 is 0 Å². The summed E-state index contributed by atoms with van der Waals surface area (Å²) in [6.07, 6.45) is 17.0. The topological polar surface area (TPSA) is 17.1 Å². The number of hydrogen-bond acceptors (Lipinski definition) is 1. The van der Waals surface area contributed by atoms with E-state index in [0.717, 1.165) is 19.3 Å². The molecule has 0 saturated heterocycles. The predicted octanol–water partition coefficient (Wildman–Crippen LogP) is 2.49. The lowest BCUT2D eigenvalue weighted by Gasteiger charge is -2.40. The van der Waals surface area contributed by atoms with E-state index >= 15 is 0 Å². The molecule has 0 spiro atoms. The number of hydrogen-bond donors (Lipinski definition) is 0. The van der Waals surface area contributed by atoms with E-state index in [1.54, 1.807) is 6.08 Å². The summed E-state index contributed by atoms with van der Waals surface area (Å²) in [5.74, 6) is 3.10. The van der Waals surface area contributed by atoms with Crippen LogP contribution in [-0.2, 0) is 4.79 Å². The lowest BCUT2D eigenvalue weighted by molar-refractivity contribution is -0.122. The van der Waals surface area contributed by atoms with E-state index in [9.17, 15) is 4.79 Å². The first kappa shape index (κ1) is 9.27. The van der Waals surface area contributed by atoms with Crippen LogP contribution in [0.15, 0.2) is 24.3 Å². The van der Waals surface area contributed by atoms with Crippen molar-refractivity contribution in [1.29, 1.82) is 0 Å². The second-order valence-electron chi connectivity index (χ2n) is 4.16. The molecule has 72 valence electrons. The van der Waals surface area contributed by atoms with Gasteiger partial charge in [-0.3, -0.25) is 4.79 Å². The van der Waals surface area contributed by atoms with Gasteiger partial charge in [0.25, 0.3) is 0 Å². The van der Waals surface area contributed by atoms with Gasteiger partial charge in [-0.1, -0.05) is 18.2 Å². The van der Waals surface area contributed by atoms with Crippen LogP contribution < -0.4 is 0 Å². The van der Waals surface area contributed by atoms with Crippen molar-refractivity contribution in [2.75, 3.05) is 0 Å². The van der Waals surface area contributed by atoms with E-state index in [-0.39, 0.29) is 17.1 Å². The second kappa shape index (κ2) is 3.46. The highest BCUT2D eigenvalue weighted by molar-refractivity contribution is 5.93. The molecule has 2 rings (SSSR count). The number of terminal acetylenes is 1. The SMILES string of the molecule is C#CC[C@@]12C=CCC[C@@H]1C(=O)C=CC2. The van der Waals surface area contributed by atoms with E-state index in [1.165, 1.54) is 0 Å². The van der Waals surface area contributed by atoms with Gasteiger partial charge in [-0.15, -0.1) is 12.3 Å². The fourth-order valence-electron chi connectivity index (χ4n) is 2.58. The zero-order valence-electron chi connectivity index (χ0n) is 8.20. The molecule has 0 saturated carbocycles. The maximum atomic E-state index is 11.7. The van der Waals surface area contributed by atoms with Crippen molar-refractivity contribution >= 4 is 5.78 Å². The Morgan fingerprint density at radius 3 is 3.21 bits per heavy atom. The summed E-state index contributed by atoms with van der Waals surface area (Å²) in [5.41, 5.74) is -0.0567. The Balaban J connectivity index is 2.37. The Kier molecular flexibility index (Phi) is 2.29. The Morgan fingerprint density at radius 1 is 1.57 bits per heavy atom. The first-order chi connectivity index (χ1) is 6.78. The molecule has 0 radical (unpaired) electrons. The molecule has 0 amide bonds. The molecular formula is C13H14O. The van der Waals surface area contributed by atoms with Crippen LogP contribution in [0.3, 0.4) is 0 Å². The summed E-state index contributed by atoms with van der Waals surface area (Å²) in [7, 11) is 0. The quantitative estimate of drug-likeness (QED) is 0.454. The zero-order chi connectivity index (χ0) is 10.0. The molecule has 0 aromatic heterocycles. The third-order valence-corrected chi connectivity index (χ3v) is 3.32. The van der Waals surface area contributed by atoms with E-state index in [0.29, 0.717) is 6.42 Å². The Labute approximate surface area is 84.9 Å². The molecule has 2 aliphatic rings. The second-order valence-corrected chi connectivity index (χ2v) is 4.16. The molecule has 0 unspecified atom stereocenters. The average molecular weight is 186 g/mol. The zero-order valence-corrected chi connectivity index (χ0v) is 8.20. The molecule has 2 atom stereocenters. The standard InChI is InChI=1S/C13H14O/c1-2-8-13-9-4-3-6-11(13)12(14)7-5-10-13/h1,4-5,7,9,11H,3,6,8,10H2/t11-,13+/m1/s1. The average Bonchev–Trinajstić information content (AvgIpc) is 2.18. The highest BCUT2D eigenvalue weighted by atomic mass is 16.1. The Bertz CT molecular complexity index is 343. The minimum absolute atomic E-state index is 0.0567. The molecule has 14 heavy (non-hydrogen) atoms. The van der Waals surface area contributed by atoms with Gasteiger partial charge in [0.1, 0.15) is 0 Å². The van der Waals surface area contributed by atoms with Gasteiger partial charge in [-0.25, -0.2) is 0 Å². The van der Waals surface area contributed by atoms with Crippen molar-refractivity contribution in [2.45, 2.75) is 25.7 Å². The molecule has 0 bridgehead atoms. The van der Waals surface area contributed by atoms with Crippen LogP contribution in [0, 0.1) is 23.7 Å². The van der Waals surface area contributed by atoms with Gasteiger partial charge in [-0.2, -0.15) is 0 Å². The predicted molar refractivity (Wildman–Crippen MR) is 56.5 cm³/mol. The summed E-state index contributed by atoms with van der Waals surface area (Å²) in [5, 5.41) is 0. The van der Waals surface area contributed by atoms with Crippen LogP contribution in [0.1, 0.15) is 25.7 Å². The normalized spacial score (nSPS) is 35.1. The number of fused-ring (bicyclic) bond motifs is 1. The van der Waals surface area contributed by atoms with E-state index < -0.39 is 0 Å². The minimum atomic E-state index is -0.0567. The first-order valence-electron chi connectivity index (χ1n) is 5.10. The monoisotopic (exact) mass is 186 g/mol. The summed E-state index contributed by atoms with van der Waals surface area (Å²) in [6.45, 7) is 0. The van der Waals surface area contributed by atoms with Gasteiger partial charge < -0.3 is 0 Å². The summed E-state index contributed by atoms with van der Waals surface area (Å²) in [6, 6.07) is 0. The van der Waals surface area contributed by atoms with Gasteiger partial charge in [0, 0.05) is 17.8 Å². The molecule has 0 heterocycles. The fraction of sp³-hybridized carbons (Fsp3) is 0.462. The number of ketones is 1. The lowest BCUT2D eigenvalue weighted by Crippen LogP contribution is -2.37. The number of rotatable bonds is 1. The number of carbonyl (C=O) groups is 1. The third kappa shape index (κ3) is 1.32. The van der Waals surface area contributed by atoms with Crippen LogP contribution in [0.25, 0.3) is 0 Å². The number of allylic oxidation sites excluding steroid dienone is 4. The molecule has 1 heteroatoms. The van der Waals surface area contributed by atoms with E-state index in [1.807, 2.05) is 6.08 Å². The molecule has 0 aromatic rings. The van der Waals surface area contributed by atoms with Gasteiger partial charge in [0.15, 0.2) is 5.78 Å². The van der Waals surface area contributed by atoms with Crippen LogP contribution in [-0.4, -0.2) is 5.78 Å². The summed E-state index contributed by atoms with van der Waals surface area (Å²) in [4.78, 5) is 11.7. The summed E-state index contributed by atoms with van der Waals surface area (Å²) >= 11 is 0. The molecule has 0 aromatic carbocycles. The van der Waals surface area contributed by atoms with Gasteiger partial charge in [-0.05, 0) is 25.3 Å². The maximum absolute atomic E-state index is 11.7. The highest BCUT2D eigenvalue weighted by Crippen LogP contribution is 2.45. The largest absolute Gasteiger partial charge is 0.295 e. The fourth-order valence-corrected chi connectivity index (χ4v) is 2.58. The highest BCUT2D eigenvalue weighted by Gasteiger charge is 2.41. The van der Waals surface area contributed by atoms with Crippen molar-refractivity contribution in [2.24, 2.45) is 11.3 Å². The Hall–Kier alpha value is -1.29. The maximum Gasteiger partial charge on any atom is 0.159 e. The van der Waals surface area contributed by atoms with Crippen molar-refractivity contribution in [3.05, 3.63) is 24.3 Å². The first-order valence-corrected chi connectivity index (χ1v) is 5.10. The Morgan fingerprint density at radius 2 is 2.43 bits per heavy atom. The van der Waals surface area contributed by atoms with E-state index in [2.05, 4.69) is 18.1 Å². The molecule has 1 nitrogen and oxygen atoms in total. The van der Waals surface area contributed by atoms with Gasteiger partial charge in [0.2, 0.25) is 0 Å². The van der Waals surface area contributed by atoms with Crippen molar-refractivity contribution in [1.82, 2.24) is 0 Å². The van der Waals surface area contributed by atoms with Crippen LogP contribution in [0.4, 0.5) is 0 Å².